The van der Waals surface area contributed by atoms with Gasteiger partial charge in [-0.15, -0.1) is 0 Å². The summed E-state index contributed by atoms with van der Waals surface area (Å²) < 4.78 is 5.93. The normalized spacial score (nSPS) is 14.7. The first kappa shape index (κ1) is 23.6. The fraction of sp³-hybridized carbons (Fsp3) is 0.138. The molecule has 0 atom stereocenters. The van der Waals surface area contributed by atoms with Crippen molar-refractivity contribution in [3.05, 3.63) is 89.3 Å². The molecular weight excluding hydrogens is 472 g/mol. The van der Waals surface area contributed by atoms with Crippen LogP contribution in [0.15, 0.2) is 83.8 Å². The van der Waals surface area contributed by atoms with Gasteiger partial charge >= 0.3 is 0 Å². The first-order valence-electron chi connectivity index (χ1n) is 11.7. The molecule has 1 saturated heterocycles. The van der Waals surface area contributed by atoms with E-state index in [1.165, 1.54) is 0 Å². The van der Waals surface area contributed by atoms with Gasteiger partial charge in [0.15, 0.2) is 0 Å². The molecule has 1 fully saturated rings. The smallest absolute Gasteiger partial charge is 0.294 e. The lowest BCUT2D eigenvalue weighted by molar-refractivity contribution is -0.127. The Hall–Kier alpha value is -4.10. The zero-order valence-corrected chi connectivity index (χ0v) is 20.5. The average Bonchev–Trinajstić information content (AvgIpc) is 3.15. The maximum atomic E-state index is 13.2. The summed E-state index contributed by atoms with van der Waals surface area (Å²) >= 11 is 0.832. The number of carbonyl (C=O) groups is 3. The van der Waals surface area contributed by atoms with Crippen LogP contribution in [0, 0.1) is 0 Å². The third-order valence-electron chi connectivity index (χ3n) is 5.91. The quantitative estimate of drug-likeness (QED) is 0.297. The summed E-state index contributed by atoms with van der Waals surface area (Å²) in [7, 11) is 0. The Morgan fingerprint density at radius 1 is 0.917 bits per heavy atom. The lowest BCUT2D eigenvalue weighted by Gasteiger charge is -2.14. The van der Waals surface area contributed by atoms with E-state index in [1.54, 1.807) is 12.1 Å². The van der Waals surface area contributed by atoms with E-state index in [0.717, 1.165) is 50.2 Å². The number of ether oxygens (including phenoxy) is 1. The minimum Gasteiger partial charge on any atom is -0.493 e. The van der Waals surface area contributed by atoms with Gasteiger partial charge in [-0.05, 0) is 52.6 Å². The van der Waals surface area contributed by atoms with Crippen molar-refractivity contribution in [2.75, 3.05) is 18.5 Å². The van der Waals surface area contributed by atoms with Gasteiger partial charge in [0.1, 0.15) is 12.3 Å². The second kappa shape index (κ2) is 10.3. The zero-order valence-electron chi connectivity index (χ0n) is 19.7. The highest BCUT2D eigenvalue weighted by atomic mass is 32.2. The molecule has 1 N–H and O–H groups in total. The molecule has 7 heteroatoms. The van der Waals surface area contributed by atoms with E-state index >= 15 is 0 Å². The zero-order chi connectivity index (χ0) is 25.1. The van der Waals surface area contributed by atoms with Crippen LogP contribution in [0.5, 0.6) is 5.75 Å². The molecule has 6 nitrogen and oxygen atoms in total. The number of nitrogens with zero attached hydrogens (tertiary/aromatic N) is 1. The molecule has 0 spiro atoms. The lowest BCUT2D eigenvalue weighted by Crippen LogP contribution is -2.36. The van der Waals surface area contributed by atoms with E-state index in [-0.39, 0.29) is 11.4 Å². The van der Waals surface area contributed by atoms with Crippen molar-refractivity contribution in [2.45, 2.75) is 13.3 Å². The third kappa shape index (κ3) is 4.70. The van der Waals surface area contributed by atoms with Crippen LogP contribution in [-0.2, 0) is 9.59 Å². The van der Waals surface area contributed by atoms with Crippen molar-refractivity contribution in [1.82, 2.24) is 4.90 Å². The van der Waals surface area contributed by atoms with E-state index in [4.69, 9.17) is 4.74 Å². The number of hydrogen-bond donors (Lipinski definition) is 1. The SMILES string of the molecule is CCCOc1ccc2ccccc2c1/C=C1\SC(=O)N(CC(=O)Nc2cccc3ccccc23)C1=O. The number of benzene rings is 4. The Morgan fingerprint density at radius 2 is 1.61 bits per heavy atom. The topological polar surface area (TPSA) is 75.7 Å². The number of amides is 3. The van der Waals surface area contributed by atoms with Crippen LogP contribution in [0.2, 0.25) is 0 Å². The largest absolute Gasteiger partial charge is 0.493 e. The maximum Gasteiger partial charge on any atom is 0.294 e. The summed E-state index contributed by atoms with van der Waals surface area (Å²) in [5, 5.41) is 6.16. The van der Waals surface area contributed by atoms with Crippen molar-refractivity contribution >= 4 is 62.1 Å². The number of anilines is 1. The molecule has 180 valence electrons. The Kier molecular flexibility index (Phi) is 6.73. The van der Waals surface area contributed by atoms with Gasteiger partial charge in [0.2, 0.25) is 5.91 Å². The van der Waals surface area contributed by atoms with Crippen LogP contribution < -0.4 is 10.1 Å². The van der Waals surface area contributed by atoms with Gasteiger partial charge in [-0.25, -0.2) is 0 Å². The van der Waals surface area contributed by atoms with Crippen LogP contribution >= 0.6 is 11.8 Å². The number of nitrogens with one attached hydrogen (secondary N) is 1. The minimum absolute atomic E-state index is 0.260. The molecule has 0 unspecified atom stereocenters. The van der Waals surface area contributed by atoms with Gasteiger partial charge in [0.05, 0.1) is 11.5 Å². The van der Waals surface area contributed by atoms with Crippen molar-refractivity contribution in [3.63, 3.8) is 0 Å². The van der Waals surface area contributed by atoms with Gasteiger partial charge < -0.3 is 10.1 Å². The first-order chi connectivity index (χ1) is 17.5. The molecule has 0 bridgehead atoms. The summed E-state index contributed by atoms with van der Waals surface area (Å²) in [6.45, 7) is 2.20. The highest BCUT2D eigenvalue weighted by molar-refractivity contribution is 8.18. The van der Waals surface area contributed by atoms with Crippen LogP contribution in [0.1, 0.15) is 18.9 Å². The monoisotopic (exact) mass is 496 g/mol. The molecule has 1 heterocycles. The van der Waals surface area contributed by atoms with Crippen LogP contribution in [0.25, 0.3) is 27.6 Å². The van der Waals surface area contributed by atoms with E-state index in [0.29, 0.717) is 18.0 Å². The molecular formula is C29H24N2O4S. The molecule has 1 aliphatic rings. The van der Waals surface area contributed by atoms with Gasteiger partial charge in [0, 0.05) is 16.6 Å². The molecule has 3 amide bonds. The van der Waals surface area contributed by atoms with Crippen LogP contribution in [0.4, 0.5) is 10.5 Å². The van der Waals surface area contributed by atoms with E-state index in [2.05, 4.69) is 5.32 Å². The summed E-state index contributed by atoms with van der Waals surface area (Å²) in [5.74, 6) is -0.282. The number of thioether (sulfide) groups is 1. The highest BCUT2D eigenvalue weighted by Gasteiger charge is 2.36. The summed E-state index contributed by atoms with van der Waals surface area (Å²) in [6.07, 6.45) is 2.54. The molecule has 0 saturated carbocycles. The number of hydrogen-bond acceptors (Lipinski definition) is 5. The number of carbonyl (C=O) groups excluding carboxylic acids is 3. The van der Waals surface area contributed by atoms with Gasteiger partial charge in [-0.3, -0.25) is 19.3 Å². The highest BCUT2D eigenvalue weighted by Crippen LogP contribution is 2.37. The summed E-state index contributed by atoms with van der Waals surface area (Å²) in [4.78, 5) is 39.9. The first-order valence-corrected chi connectivity index (χ1v) is 12.5. The molecule has 0 radical (unpaired) electrons. The van der Waals surface area contributed by atoms with E-state index in [1.807, 2.05) is 79.7 Å². The number of fused-ring (bicyclic) bond motifs is 2. The Bertz CT molecular complexity index is 1520. The molecule has 4 aromatic rings. The lowest BCUT2D eigenvalue weighted by atomic mass is 10.0. The van der Waals surface area contributed by atoms with Gasteiger partial charge in [-0.1, -0.05) is 73.7 Å². The number of rotatable bonds is 7. The fourth-order valence-electron chi connectivity index (χ4n) is 4.20. The molecule has 1 aliphatic heterocycles. The Morgan fingerprint density at radius 3 is 2.39 bits per heavy atom. The molecule has 5 rings (SSSR count). The van der Waals surface area contributed by atoms with Crippen molar-refractivity contribution in [1.29, 1.82) is 0 Å². The molecule has 4 aromatic carbocycles. The predicted molar refractivity (Wildman–Crippen MR) is 145 cm³/mol. The van der Waals surface area contributed by atoms with Gasteiger partial charge in [0.25, 0.3) is 11.1 Å². The maximum absolute atomic E-state index is 13.2. The van der Waals surface area contributed by atoms with Crippen molar-refractivity contribution in [3.8, 4) is 5.75 Å². The van der Waals surface area contributed by atoms with E-state index in [9.17, 15) is 14.4 Å². The number of imide groups is 1. The van der Waals surface area contributed by atoms with Crippen molar-refractivity contribution < 1.29 is 19.1 Å². The van der Waals surface area contributed by atoms with Gasteiger partial charge in [-0.2, -0.15) is 0 Å². The third-order valence-corrected chi connectivity index (χ3v) is 6.81. The summed E-state index contributed by atoms with van der Waals surface area (Å²) in [5.41, 5.74) is 1.38. The second-order valence-corrected chi connectivity index (χ2v) is 9.38. The second-order valence-electron chi connectivity index (χ2n) is 8.39. The summed E-state index contributed by atoms with van der Waals surface area (Å²) in [6, 6.07) is 25.0. The standard InChI is InChI=1S/C29H24N2O4S/c1-2-16-35-25-15-14-20-9-3-5-11-21(20)23(25)17-26-28(33)31(29(34)36-26)18-27(32)30-24-13-7-10-19-8-4-6-12-22(19)24/h3-15,17H,2,16,18H2,1H3,(H,30,32)/b26-17-. The van der Waals surface area contributed by atoms with Crippen LogP contribution in [0.3, 0.4) is 0 Å². The predicted octanol–water partition coefficient (Wildman–Crippen LogP) is 6.46. The molecule has 0 aliphatic carbocycles. The Balaban J connectivity index is 1.39. The van der Waals surface area contributed by atoms with Crippen molar-refractivity contribution in [2.24, 2.45) is 0 Å². The van der Waals surface area contributed by atoms with Crippen LogP contribution in [-0.4, -0.2) is 35.1 Å². The Labute approximate surface area is 212 Å². The molecule has 0 aromatic heterocycles. The van der Waals surface area contributed by atoms with E-state index < -0.39 is 17.1 Å². The average molecular weight is 497 g/mol. The molecule has 36 heavy (non-hydrogen) atoms. The minimum atomic E-state index is -0.493. The fourth-order valence-corrected chi connectivity index (χ4v) is 5.02.